The van der Waals surface area contributed by atoms with Gasteiger partial charge < -0.3 is 15.2 Å². The molecule has 0 amide bonds. The number of carbonyl (C=O) groups is 1. The standard InChI is InChI=1S/C15H29NO3/c1-4-9-16-15(3,14(17)18)10-12(2)19-11-13-7-5-6-8-13/h12-13,16H,4-11H2,1-3H3,(H,17,18). The van der Waals surface area contributed by atoms with Crippen molar-refractivity contribution >= 4 is 5.97 Å². The van der Waals surface area contributed by atoms with Gasteiger partial charge in [-0.1, -0.05) is 19.8 Å². The number of hydrogen-bond acceptors (Lipinski definition) is 3. The predicted octanol–water partition coefficient (Wildman–Crippen LogP) is 2.81. The highest BCUT2D eigenvalue weighted by Gasteiger charge is 2.34. The highest BCUT2D eigenvalue weighted by atomic mass is 16.5. The van der Waals surface area contributed by atoms with Crippen molar-refractivity contribution in [2.45, 2.75) is 70.9 Å². The second-order valence-electron chi connectivity index (χ2n) is 6.06. The highest BCUT2D eigenvalue weighted by molar-refractivity contribution is 5.78. The average Bonchev–Trinajstić information content (AvgIpc) is 2.87. The summed E-state index contributed by atoms with van der Waals surface area (Å²) in [4.78, 5) is 11.4. The monoisotopic (exact) mass is 271 g/mol. The molecule has 4 heteroatoms. The molecule has 0 heterocycles. The van der Waals surface area contributed by atoms with Crippen LogP contribution in [-0.2, 0) is 9.53 Å². The molecular formula is C15H29NO3. The van der Waals surface area contributed by atoms with Crippen molar-refractivity contribution in [3.05, 3.63) is 0 Å². The third-order valence-electron chi connectivity index (χ3n) is 4.02. The van der Waals surface area contributed by atoms with Gasteiger partial charge in [0.1, 0.15) is 5.54 Å². The third kappa shape index (κ3) is 5.49. The summed E-state index contributed by atoms with van der Waals surface area (Å²) in [7, 11) is 0. The average molecular weight is 271 g/mol. The number of aliphatic carboxylic acids is 1. The van der Waals surface area contributed by atoms with E-state index in [4.69, 9.17) is 4.74 Å². The van der Waals surface area contributed by atoms with E-state index in [0.29, 0.717) is 12.3 Å². The summed E-state index contributed by atoms with van der Waals surface area (Å²) < 4.78 is 5.85. The zero-order chi connectivity index (χ0) is 14.3. The Morgan fingerprint density at radius 2 is 2.11 bits per heavy atom. The molecule has 0 aromatic rings. The molecule has 19 heavy (non-hydrogen) atoms. The van der Waals surface area contributed by atoms with Crippen LogP contribution in [-0.4, -0.2) is 35.9 Å². The topological polar surface area (TPSA) is 58.6 Å². The molecule has 0 spiro atoms. The van der Waals surface area contributed by atoms with E-state index in [1.165, 1.54) is 25.7 Å². The number of hydrogen-bond donors (Lipinski definition) is 2. The quantitative estimate of drug-likeness (QED) is 0.677. The minimum atomic E-state index is -0.884. The van der Waals surface area contributed by atoms with Crippen LogP contribution in [0.15, 0.2) is 0 Å². The van der Waals surface area contributed by atoms with Gasteiger partial charge in [-0.25, -0.2) is 0 Å². The summed E-state index contributed by atoms with van der Waals surface area (Å²) in [6.45, 7) is 7.27. The SMILES string of the molecule is CCCNC(C)(CC(C)OCC1CCCC1)C(=O)O. The van der Waals surface area contributed by atoms with E-state index in [-0.39, 0.29) is 6.10 Å². The first kappa shape index (κ1) is 16.4. The molecule has 2 atom stereocenters. The first-order valence-electron chi connectivity index (χ1n) is 7.58. The Bertz CT molecular complexity index is 277. The Morgan fingerprint density at radius 3 is 2.63 bits per heavy atom. The lowest BCUT2D eigenvalue weighted by Gasteiger charge is -2.29. The largest absolute Gasteiger partial charge is 0.480 e. The lowest BCUT2D eigenvalue weighted by atomic mass is 9.94. The van der Waals surface area contributed by atoms with Gasteiger partial charge in [0.15, 0.2) is 0 Å². The van der Waals surface area contributed by atoms with Crippen LogP contribution < -0.4 is 5.32 Å². The van der Waals surface area contributed by atoms with Crippen LogP contribution in [0.5, 0.6) is 0 Å². The van der Waals surface area contributed by atoms with Crippen molar-refractivity contribution in [3.8, 4) is 0 Å². The molecule has 1 aliphatic carbocycles. The second-order valence-corrected chi connectivity index (χ2v) is 6.06. The molecule has 0 aromatic heterocycles. The minimum absolute atomic E-state index is 0.0222. The maximum Gasteiger partial charge on any atom is 0.323 e. The summed E-state index contributed by atoms with van der Waals surface area (Å²) in [5.41, 5.74) is -0.884. The van der Waals surface area contributed by atoms with Crippen LogP contribution in [0.3, 0.4) is 0 Å². The molecule has 2 unspecified atom stereocenters. The smallest absolute Gasteiger partial charge is 0.323 e. The Morgan fingerprint density at radius 1 is 1.47 bits per heavy atom. The van der Waals surface area contributed by atoms with Gasteiger partial charge in [-0.2, -0.15) is 0 Å². The Kier molecular flexibility index (Phi) is 6.80. The molecule has 0 radical (unpaired) electrons. The van der Waals surface area contributed by atoms with E-state index in [9.17, 15) is 9.90 Å². The zero-order valence-electron chi connectivity index (χ0n) is 12.6. The lowest BCUT2D eigenvalue weighted by Crippen LogP contribution is -2.51. The van der Waals surface area contributed by atoms with Crippen LogP contribution in [0.2, 0.25) is 0 Å². The first-order valence-corrected chi connectivity index (χ1v) is 7.58. The summed E-state index contributed by atoms with van der Waals surface area (Å²) in [5.74, 6) is -0.112. The molecule has 1 fully saturated rings. The predicted molar refractivity (Wildman–Crippen MR) is 76.3 cm³/mol. The summed E-state index contributed by atoms with van der Waals surface area (Å²) in [5, 5.41) is 12.5. The van der Waals surface area contributed by atoms with Crippen molar-refractivity contribution < 1.29 is 14.6 Å². The number of carboxylic acid groups (broad SMARTS) is 1. The normalized spacial score (nSPS) is 21.2. The van der Waals surface area contributed by atoms with Gasteiger partial charge in [-0.3, -0.25) is 4.79 Å². The van der Waals surface area contributed by atoms with E-state index in [2.05, 4.69) is 5.32 Å². The van der Waals surface area contributed by atoms with Crippen LogP contribution in [0.1, 0.15) is 59.3 Å². The van der Waals surface area contributed by atoms with Crippen LogP contribution in [0, 0.1) is 5.92 Å². The molecule has 0 aromatic carbocycles. The van der Waals surface area contributed by atoms with Crippen LogP contribution >= 0.6 is 0 Å². The molecular weight excluding hydrogens is 242 g/mol. The van der Waals surface area contributed by atoms with Gasteiger partial charge in [0.05, 0.1) is 6.10 Å². The van der Waals surface area contributed by atoms with Crippen molar-refractivity contribution in [3.63, 3.8) is 0 Å². The third-order valence-corrected chi connectivity index (χ3v) is 4.02. The molecule has 4 nitrogen and oxygen atoms in total. The van der Waals surface area contributed by atoms with E-state index >= 15 is 0 Å². The fourth-order valence-electron chi connectivity index (χ4n) is 2.75. The fraction of sp³-hybridized carbons (Fsp3) is 0.933. The van der Waals surface area contributed by atoms with Gasteiger partial charge in [0.25, 0.3) is 0 Å². The molecule has 1 rings (SSSR count). The summed E-state index contributed by atoms with van der Waals surface area (Å²) >= 11 is 0. The summed E-state index contributed by atoms with van der Waals surface area (Å²) in [6.07, 6.45) is 6.56. The highest BCUT2D eigenvalue weighted by Crippen LogP contribution is 2.26. The fourth-order valence-corrected chi connectivity index (χ4v) is 2.75. The van der Waals surface area contributed by atoms with Gasteiger partial charge in [0, 0.05) is 13.0 Å². The van der Waals surface area contributed by atoms with Crippen LogP contribution in [0.25, 0.3) is 0 Å². The molecule has 0 aliphatic heterocycles. The molecule has 1 aliphatic rings. The Balaban J connectivity index is 2.37. The maximum absolute atomic E-state index is 11.4. The molecule has 1 saturated carbocycles. The Labute approximate surface area is 116 Å². The minimum Gasteiger partial charge on any atom is -0.480 e. The molecule has 2 N–H and O–H groups in total. The van der Waals surface area contributed by atoms with Crippen molar-refractivity contribution in [2.75, 3.05) is 13.2 Å². The first-order chi connectivity index (χ1) is 8.98. The van der Waals surface area contributed by atoms with Gasteiger partial charge in [-0.05, 0) is 45.6 Å². The molecule has 0 saturated heterocycles. The van der Waals surface area contributed by atoms with E-state index in [1.54, 1.807) is 6.92 Å². The summed E-state index contributed by atoms with van der Waals surface area (Å²) in [6, 6.07) is 0. The van der Waals surface area contributed by atoms with Gasteiger partial charge >= 0.3 is 5.97 Å². The number of nitrogens with one attached hydrogen (secondary N) is 1. The van der Waals surface area contributed by atoms with E-state index in [0.717, 1.165) is 19.6 Å². The van der Waals surface area contributed by atoms with Crippen molar-refractivity contribution in [2.24, 2.45) is 5.92 Å². The maximum atomic E-state index is 11.4. The molecule has 0 bridgehead atoms. The van der Waals surface area contributed by atoms with E-state index < -0.39 is 11.5 Å². The Hall–Kier alpha value is -0.610. The van der Waals surface area contributed by atoms with Crippen molar-refractivity contribution in [1.29, 1.82) is 0 Å². The van der Waals surface area contributed by atoms with Crippen molar-refractivity contribution in [1.82, 2.24) is 5.32 Å². The number of ether oxygens (including phenoxy) is 1. The van der Waals surface area contributed by atoms with Crippen LogP contribution in [0.4, 0.5) is 0 Å². The van der Waals surface area contributed by atoms with E-state index in [1.807, 2.05) is 13.8 Å². The molecule has 112 valence electrons. The lowest BCUT2D eigenvalue weighted by molar-refractivity contribution is -0.146. The second kappa shape index (κ2) is 7.85. The number of rotatable bonds is 9. The van der Waals surface area contributed by atoms with Gasteiger partial charge in [0.2, 0.25) is 0 Å². The zero-order valence-corrected chi connectivity index (χ0v) is 12.6. The van der Waals surface area contributed by atoms with Gasteiger partial charge in [-0.15, -0.1) is 0 Å². The number of carboxylic acids is 1.